The summed E-state index contributed by atoms with van der Waals surface area (Å²) in [4.78, 5) is 12.6. The van der Waals surface area contributed by atoms with Crippen molar-refractivity contribution >= 4 is 21.7 Å². The van der Waals surface area contributed by atoms with E-state index in [-0.39, 0.29) is 18.1 Å². The molecule has 0 bridgehead atoms. The number of ether oxygens (including phenoxy) is 1. The number of nitrogens with zero attached hydrogens (tertiary/aromatic N) is 1. The summed E-state index contributed by atoms with van der Waals surface area (Å²) >= 11 is 3.51. The fraction of sp³-hybridized carbons (Fsp3) is 0.190. The highest BCUT2D eigenvalue weighted by Gasteiger charge is 2.18. The van der Waals surface area contributed by atoms with Crippen molar-refractivity contribution in [2.75, 3.05) is 6.61 Å². The lowest BCUT2D eigenvalue weighted by Gasteiger charge is -2.12. The molecule has 0 aliphatic rings. The monoisotopic (exact) mass is 415 g/mol. The number of benzene rings is 2. The van der Waals surface area contributed by atoms with Gasteiger partial charge in [0, 0.05) is 27.1 Å². The summed E-state index contributed by atoms with van der Waals surface area (Å²) in [5.41, 5.74) is 4.49. The van der Waals surface area contributed by atoms with Crippen molar-refractivity contribution < 1.29 is 13.9 Å². The first-order valence-electron chi connectivity index (χ1n) is 8.24. The van der Waals surface area contributed by atoms with Gasteiger partial charge in [-0.1, -0.05) is 28.1 Å². The van der Waals surface area contributed by atoms with Gasteiger partial charge in [-0.05, 0) is 62.7 Å². The standard InChI is InChI=1S/C21H19BrFNO2/c1-13-10-16(8-9-18(13)22)24-14(2)11-17(15(24)3)20(25)12-26-21-7-5-4-6-19(21)23/h4-11H,12H2,1-3H3. The van der Waals surface area contributed by atoms with Crippen LogP contribution in [-0.2, 0) is 0 Å². The Morgan fingerprint density at radius 2 is 1.85 bits per heavy atom. The van der Waals surface area contributed by atoms with Gasteiger partial charge in [-0.15, -0.1) is 0 Å². The summed E-state index contributed by atoms with van der Waals surface area (Å²) < 4.78 is 22.1. The van der Waals surface area contributed by atoms with Crippen LogP contribution in [0.2, 0.25) is 0 Å². The number of carbonyl (C=O) groups is 1. The van der Waals surface area contributed by atoms with Crippen molar-refractivity contribution in [2.24, 2.45) is 0 Å². The Labute approximate surface area is 160 Å². The van der Waals surface area contributed by atoms with Crippen LogP contribution in [-0.4, -0.2) is 17.0 Å². The average molecular weight is 416 g/mol. The molecule has 0 unspecified atom stereocenters. The summed E-state index contributed by atoms with van der Waals surface area (Å²) in [6, 6.07) is 14.0. The molecule has 0 N–H and O–H groups in total. The number of Topliss-reactive ketones (excluding diaryl/α,β-unsaturated/α-hetero) is 1. The molecule has 26 heavy (non-hydrogen) atoms. The molecule has 0 fully saturated rings. The second-order valence-electron chi connectivity index (χ2n) is 6.20. The van der Waals surface area contributed by atoms with Gasteiger partial charge >= 0.3 is 0 Å². The highest BCUT2D eigenvalue weighted by Crippen LogP contribution is 2.25. The van der Waals surface area contributed by atoms with Gasteiger partial charge in [-0.3, -0.25) is 4.79 Å². The Bertz CT molecular complexity index is 978. The van der Waals surface area contributed by atoms with E-state index in [4.69, 9.17) is 4.74 Å². The lowest BCUT2D eigenvalue weighted by molar-refractivity contribution is 0.0918. The molecule has 0 saturated carbocycles. The van der Waals surface area contributed by atoms with Gasteiger partial charge in [0.1, 0.15) is 0 Å². The van der Waals surface area contributed by atoms with E-state index in [0.29, 0.717) is 5.56 Å². The van der Waals surface area contributed by atoms with Crippen molar-refractivity contribution in [3.63, 3.8) is 0 Å². The SMILES string of the molecule is Cc1cc(-n2c(C)cc(C(=O)COc3ccccc3F)c2C)ccc1Br. The molecule has 3 nitrogen and oxygen atoms in total. The van der Waals surface area contributed by atoms with Crippen molar-refractivity contribution in [3.8, 4) is 11.4 Å². The number of para-hydroxylation sites is 1. The van der Waals surface area contributed by atoms with Crippen LogP contribution >= 0.6 is 15.9 Å². The quantitative estimate of drug-likeness (QED) is 0.510. The van der Waals surface area contributed by atoms with Gasteiger partial charge in [-0.25, -0.2) is 4.39 Å². The van der Waals surface area contributed by atoms with E-state index < -0.39 is 5.82 Å². The number of carbonyl (C=O) groups excluding carboxylic acids is 1. The molecular weight excluding hydrogens is 397 g/mol. The van der Waals surface area contributed by atoms with Gasteiger partial charge in [0.25, 0.3) is 0 Å². The summed E-state index contributed by atoms with van der Waals surface area (Å²) in [6.45, 7) is 5.68. The average Bonchev–Trinajstić information content (AvgIpc) is 2.91. The molecule has 0 saturated heterocycles. The van der Waals surface area contributed by atoms with Gasteiger partial charge in [0.05, 0.1) is 0 Å². The molecular formula is C21H19BrFNO2. The van der Waals surface area contributed by atoms with Crippen LogP contribution in [0.25, 0.3) is 5.69 Å². The third kappa shape index (κ3) is 3.58. The second-order valence-corrected chi connectivity index (χ2v) is 7.05. The van der Waals surface area contributed by atoms with Crippen LogP contribution in [0, 0.1) is 26.6 Å². The van der Waals surface area contributed by atoms with Crippen LogP contribution in [0.4, 0.5) is 4.39 Å². The molecule has 134 valence electrons. The number of rotatable bonds is 5. The predicted molar refractivity (Wildman–Crippen MR) is 104 cm³/mol. The Balaban J connectivity index is 1.86. The van der Waals surface area contributed by atoms with E-state index >= 15 is 0 Å². The molecule has 1 heterocycles. The van der Waals surface area contributed by atoms with E-state index in [0.717, 1.165) is 27.1 Å². The highest BCUT2D eigenvalue weighted by molar-refractivity contribution is 9.10. The topological polar surface area (TPSA) is 31.2 Å². The van der Waals surface area contributed by atoms with Gasteiger partial charge in [0.15, 0.2) is 18.2 Å². The third-order valence-corrected chi connectivity index (χ3v) is 5.22. The predicted octanol–water partition coefficient (Wildman–Crippen LogP) is 5.57. The number of hydrogen-bond acceptors (Lipinski definition) is 2. The maximum Gasteiger partial charge on any atom is 0.202 e. The van der Waals surface area contributed by atoms with Crippen LogP contribution in [0.5, 0.6) is 5.75 Å². The second kappa shape index (κ2) is 7.46. The first-order chi connectivity index (χ1) is 12.4. The van der Waals surface area contributed by atoms with E-state index in [1.807, 2.05) is 43.5 Å². The Hall–Kier alpha value is -2.40. The number of ketones is 1. The summed E-state index contributed by atoms with van der Waals surface area (Å²) in [6.07, 6.45) is 0. The third-order valence-electron chi connectivity index (χ3n) is 4.33. The lowest BCUT2D eigenvalue weighted by atomic mass is 10.1. The smallest absolute Gasteiger partial charge is 0.202 e. The molecule has 0 radical (unpaired) electrons. The van der Waals surface area contributed by atoms with Crippen molar-refractivity contribution in [2.45, 2.75) is 20.8 Å². The maximum atomic E-state index is 13.6. The Kier molecular flexibility index (Phi) is 5.28. The fourth-order valence-corrected chi connectivity index (χ4v) is 3.24. The molecule has 0 atom stereocenters. The number of halogens is 2. The van der Waals surface area contributed by atoms with Crippen LogP contribution in [0.3, 0.4) is 0 Å². The summed E-state index contributed by atoms with van der Waals surface area (Å²) in [7, 11) is 0. The number of aromatic nitrogens is 1. The Morgan fingerprint density at radius 1 is 1.12 bits per heavy atom. The number of aryl methyl sites for hydroxylation is 2. The van der Waals surface area contributed by atoms with Crippen LogP contribution in [0.15, 0.2) is 53.0 Å². The Morgan fingerprint density at radius 3 is 2.54 bits per heavy atom. The largest absolute Gasteiger partial charge is 0.482 e. The van der Waals surface area contributed by atoms with Gasteiger partial charge in [-0.2, -0.15) is 0 Å². The van der Waals surface area contributed by atoms with Crippen LogP contribution in [0.1, 0.15) is 27.3 Å². The minimum atomic E-state index is -0.476. The first-order valence-corrected chi connectivity index (χ1v) is 9.03. The zero-order chi connectivity index (χ0) is 18.8. The van der Waals surface area contributed by atoms with Crippen molar-refractivity contribution in [1.82, 2.24) is 4.57 Å². The zero-order valence-electron chi connectivity index (χ0n) is 14.8. The molecule has 2 aromatic carbocycles. The summed E-state index contributed by atoms with van der Waals surface area (Å²) in [5.74, 6) is -0.573. The normalized spacial score (nSPS) is 10.8. The van der Waals surface area contributed by atoms with Crippen LogP contribution < -0.4 is 4.74 Å². The summed E-state index contributed by atoms with van der Waals surface area (Å²) in [5, 5.41) is 0. The van der Waals surface area contributed by atoms with Gasteiger partial charge < -0.3 is 9.30 Å². The van der Waals surface area contributed by atoms with E-state index in [1.54, 1.807) is 12.1 Å². The minimum Gasteiger partial charge on any atom is -0.482 e. The van der Waals surface area contributed by atoms with Crippen molar-refractivity contribution in [3.05, 3.63) is 81.3 Å². The zero-order valence-corrected chi connectivity index (χ0v) is 16.4. The molecule has 0 amide bonds. The highest BCUT2D eigenvalue weighted by atomic mass is 79.9. The first kappa shape index (κ1) is 18.4. The maximum absolute atomic E-state index is 13.6. The van der Waals surface area contributed by atoms with E-state index in [9.17, 15) is 9.18 Å². The van der Waals surface area contributed by atoms with E-state index in [1.165, 1.54) is 12.1 Å². The lowest BCUT2D eigenvalue weighted by Crippen LogP contribution is -2.13. The molecule has 0 aliphatic carbocycles. The number of hydrogen-bond donors (Lipinski definition) is 0. The molecule has 3 rings (SSSR count). The molecule has 0 spiro atoms. The fourth-order valence-electron chi connectivity index (χ4n) is 2.99. The molecule has 0 aliphatic heterocycles. The molecule has 1 aromatic heterocycles. The minimum absolute atomic E-state index is 0.0817. The molecule has 3 aromatic rings. The van der Waals surface area contributed by atoms with Crippen molar-refractivity contribution in [1.29, 1.82) is 0 Å². The molecule has 5 heteroatoms. The van der Waals surface area contributed by atoms with E-state index in [2.05, 4.69) is 22.0 Å². The van der Waals surface area contributed by atoms with Gasteiger partial charge in [0.2, 0.25) is 5.78 Å².